The summed E-state index contributed by atoms with van der Waals surface area (Å²) >= 11 is 12.1. The number of allylic oxidation sites excluding steroid dienone is 1. The van der Waals surface area contributed by atoms with Crippen molar-refractivity contribution in [2.45, 2.75) is 9.79 Å². The summed E-state index contributed by atoms with van der Waals surface area (Å²) in [4.78, 5) is -0.525. The maximum atomic E-state index is 13.1. The van der Waals surface area contributed by atoms with Gasteiger partial charge in [-0.15, -0.1) is 0 Å². The van der Waals surface area contributed by atoms with Crippen LogP contribution >= 0.6 is 23.2 Å². The molecule has 0 fully saturated rings. The molecule has 0 unspecified atom stereocenters. The highest BCUT2D eigenvalue weighted by Gasteiger charge is 2.31. The smallest absolute Gasteiger partial charge is 0.339 e. The molecule has 4 aromatic carbocycles. The zero-order valence-corrected chi connectivity index (χ0v) is 23.1. The summed E-state index contributed by atoms with van der Waals surface area (Å²) in [6, 6.07) is 23.8. The van der Waals surface area contributed by atoms with Crippen molar-refractivity contribution in [3.05, 3.63) is 112 Å². The molecule has 40 heavy (non-hydrogen) atoms. The van der Waals surface area contributed by atoms with Crippen LogP contribution in [0.1, 0.15) is 11.1 Å². The van der Waals surface area contributed by atoms with E-state index in [9.17, 15) is 27.4 Å². The average Bonchev–Trinajstić information content (AvgIpc) is 3.25. The van der Waals surface area contributed by atoms with E-state index in [1.807, 2.05) is 12.1 Å². The van der Waals surface area contributed by atoms with Crippen molar-refractivity contribution in [2.24, 2.45) is 0 Å². The minimum absolute atomic E-state index is 0.0691. The molecular weight excluding hydrogens is 595 g/mol. The number of halogens is 2. The first-order valence-electron chi connectivity index (χ1n) is 11.3. The Labute approximate surface area is 240 Å². The monoisotopic (exact) mass is 608 g/mol. The van der Waals surface area contributed by atoms with Crippen LogP contribution in [-0.4, -0.2) is 16.8 Å². The van der Waals surface area contributed by atoms with Crippen molar-refractivity contribution < 1.29 is 25.2 Å². The number of fused-ring (bicyclic) bond motifs is 3. The van der Waals surface area contributed by atoms with Gasteiger partial charge in [-0.3, -0.25) is 0 Å². The van der Waals surface area contributed by atoms with Crippen molar-refractivity contribution in [1.29, 1.82) is 10.5 Å². The Morgan fingerprint density at radius 1 is 0.600 bits per heavy atom. The third kappa shape index (κ3) is 4.90. The van der Waals surface area contributed by atoms with Crippen LogP contribution in [0.4, 0.5) is 0 Å². The summed E-state index contributed by atoms with van der Waals surface area (Å²) in [5.74, 6) is -0.154. The summed E-state index contributed by atoms with van der Waals surface area (Å²) in [6.45, 7) is 0. The van der Waals surface area contributed by atoms with E-state index >= 15 is 0 Å². The summed E-state index contributed by atoms with van der Waals surface area (Å²) in [6.07, 6.45) is 0. The van der Waals surface area contributed by atoms with Gasteiger partial charge < -0.3 is 8.37 Å². The van der Waals surface area contributed by atoms with Gasteiger partial charge in [0.05, 0.1) is 10.0 Å². The maximum Gasteiger partial charge on any atom is 0.339 e. The fourth-order valence-electron chi connectivity index (χ4n) is 4.15. The molecule has 8 nitrogen and oxygen atoms in total. The molecule has 0 saturated carbocycles. The van der Waals surface area contributed by atoms with Crippen LogP contribution in [0.25, 0.3) is 16.7 Å². The largest absolute Gasteiger partial charge is 0.377 e. The van der Waals surface area contributed by atoms with Crippen LogP contribution in [0.2, 0.25) is 10.0 Å². The molecule has 0 saturated heterocycles. The fourth-order valence-corrected chi connectivity index (χ4v) is 6.54. The topological polar surface area (TPSA) is 134 Å². The van der Waals surface area contributed by atoms with Gasteiger partial charge >= 0.3 is 20.2 Å². The van der Waals surface area contributed by atoms with E-state index in [1.54, 1.807) is 24.3 Å². The fraction of sp³-hybridized carbons (Fsp3) is 0. The lowest BCUT2D eigenvalue weighted by molar-refractivity contribution is 0.484. The Hall–Kier alpha value is -4.32. The molecule has 0 N–H and O–H groups in total. The van der Waals surface area contributed by atoms with Gasteiger partial charge in [0.1, 0.15) is 27.5 Å². The Kier molecular flexibility index (Phi) is 7.05. The van der Waals surface area contributed by atoms with Crippen molar-refractivity contribution in [3.8, 4) is 34.8 Å². The van der Waals surface area contributed by atoms with Crippen LogP contribution < -0.4 is 8.37 Å². The number of para-hydroxylation sites is 2. The number of benzene rings is 4. The molecule has 0 atom stereocenters. The van der Waals surface area contributed by atoms with E-state index in [-0.39, 0.29) is 53.6 Å². The highest BCUT2D eigenvalue weighted by Crippen LogP contribution is 2.47. The van der Waals surface area contributed by atoms with Crippen LogP contribution in [-0.2, 0) is 20.2 Å². The Morgan fingerprint density at radius 3 is 1.38 bits per heavy atom. The standard InChI is InChI=1S/C28H14Cl2N2O6S2/c29-24-5-1-3-7-26(24)37-39(33,34)18-9-11-20-21-12-10-19(40(35,36)38-27-8-4-2-6-25(27)30)14-23(21)28(22(20)13-18)17(15-31)16-32/h1-14H. The van der Waals surface area contributed by atoms with Crippen LogP contribution in [0.15, 0.2) is 100 Å². The lowest BCUT2D eigenvalue weighted by Gasteiger charge is -2.10. The van der Waals surface area contributed by atoms with E-state index in [0.717, 1.165) is 0 Å². The number of nitrogens with zero attached hydrogens (tertiary/aromatic N) is 2. The lowest BCUT2D eigenvalue weighted by Crippen LogP contribution is -2.10. The molecule has 1 aliphatic carbocycles. The third-order valence-corrected chi connectivity index (χ3v) is 9.02. The summed E-state index contributed by atoms with van der Waals surface area (Å²) in [5.41, 5.74) is 1.17. The molecule has 198 valence electrons. The Balaban J connectivity index is 1.62. The first-order chi connectivity index (χ1) is 19.1. The third-order valence-electron chi connectivity index (χ3n) is 5.93. The molecule has 0 aromatic heterocycles. The van der Waals surface area contributed by atoms with Crippen molar-refractivity contribution in [3.63, 3.8) is 0 Å². The normalized spacial score (nSPS) is 12.1. The zero-order chi connectivity index (χ0) is 28.7. The Bertz CT molecular complexity index is 1900. The van der Waals surface area contributed by atoms with Gasteiger partial charge in [0, 0.05) is 5.57 Å². The number of hydrogen-bond donors (Lipinski definition) is 0. The molecular formula is C28H14Cl2N2O6S2. The molecule has 0 aliphatic heterocycles. The van der Waals surface area contributed by atoms with Gasteiger partial charge in [-0.25, -0.2) is 0 Å². The molecule has 0 bridgehead atoms. The van der Waals surface area contributed by atoms with Crippen molar-refractivity contribution in [1.82, 2.24) is 0 Å². The summed E-state index contributed by atoms with van der Waals surface area (Å²) in [7, 11) is -8.76. The van der Waals surface area contributed by atoms with E-state index in [0.29, 0.717) is 11.1 Å². The highest BCUT2D eigenvalue weighted by atomic mass is 35.5. The average molecular weight is 609 g/mol. The summed E-state index contributed by atoms with van der Waals surface area (Å²) < 4.78 is 62.8. The molecule has 0 amide bonds. The highest BCUT2D eigenvalue weighted by molar-refractivity contribution is 7.87. The van der Waals surface area contributed by atoms with E-state index in [4.69, 9.17) is 31.6 Å². The summed E-state index contributed by atoms with van der Waals surface area (Å²) in [5, 5.41) is 19.6. The molecule has 0 radical (unpaired) electrons. The van der Waals surface area contributed by atoms with E-state index in [2.05, 4.69) is 0 Å². The Morgan fingerprint density at radius 2 is 1.00 bits per heavy atom. The lowest BCUT2D eigenvalue weighted by atomic mass is 9.99. The zero-order valence-electron chi connectivity index (χ0n) is 20.0. The molecule has 0 heterocycles. The second kappa shape index (κ2) is 10.3. The molecule has 4 aromatic rings. The number of nitriles is 2. The van der Waals surface area contributed by atoms with Crippen molar-refractivity contribution in [2.75, 3.05) is 0 Å². The van der Waals surface area contributed by atoms with Gasteiger partial charge in [0.2, 0.25) is 0 Å². The molecule has 5 rings (SSSR count). The number of rotatable bonds is 6. The quantitative estimate of drug-likeness (QED) is 0.160. The van der Waals surface area contributed by atoms with E-state index < -0.39 is 20.2 Å². The predicted octanol–water partition coefficient (Wildman–Crippen LogP) is 6.36. The van der Waals surface area contributed by atoms with Gasteiger partial charge in [-0.1, -0.05) is 59.6 Å². The molecule has 1 aliphatic rings. The predicted molar refractivity (Wildman–Crippen MR) is 148 cm³/mol. The maximum absolute atomic E-state index is 13.1. The van der Waals surface area contributed by atoms with Gasteiger partial charge in [-0.2, -0.15) is 27.4 Å². The first kappa shape index (κ1) is 27.3. The SMILES string of the molecule is N#CC(C#N)=C1c2cc(S(=O)(=O)Oc3ccccc3Cl)ccc2-c2ccc(S(=O)(=O)Oc3ccccc3Cl)cc21. The molecule has 12 heteroatoms. The molecule has 0 spiro atoms. The first-order valence-corrected chi connectivity index (χ1v) is 14.8. The second-order valence-corrected chi connectivity index (χ2v) is 12.2. The van der Waals surface area contributed by atoms with Crippen LogP contribution in [0.5, 0.6) is 11.5 Å². The second-order valence-electron chi connectivity index (χ2n) is 8.32. The van der Waals surface area contributed by atoms with Crippen molar-refractivity contribution >= 4 is 49.0 Å². The van der Waals surface area contributed by atoms with Crippen LogP contribution in [0, 0.1) is 22.7 Å². The van der Waals surface area contributed by atoms with E-state index in [1.165, 1.54) is 60.7 Å². The van der Waals surface area contributed by atoms with Gasteiger partial charge in [-0.05, 0) is 70.8 Å². The minimum Gasteiger partial charge on any atom is -0.377 e. The number of hydrogen-bond acceptors (Lipinski definition) is 8. The van der Waals surface area contributed by atoms with Crippen LogP contribution in [0.3, 0.4) is 0 Å². The van der Waals surface area contributed by atoms with Gasteiger partial charge in [0.15, 0.2) is 11.5 Å². The van der Waals surface area contributed by atoms with Gasteiger partial charge in [0.25, 0.3) is 0 Å². The minimum atomic E-state index is -4.38.